The largest absolute Gasteiger partial charge is 0.494 e. The Bertz CT molecular complexity index is 556. The lowest BCUT2D eigenvalue weighted by Crippen LogP contribution is -2.22. The van der Waals surface area contributed by atoms with E-state index in [2.05, 4.69) is 58.5 Å². The monoisotopic (exact) mass is 333 g/mol. The van der Waals surface area contributed by atoms with Crippen LogP contribution in [0.2, 0.25) is 0 Å². The SMILES string of the molecule is CCNC(c1cccc(OCC)c1)c1ccccc1Br. The fourth-order valence-electron chi connectivity index (χ4n) is 2.27. The Balaban J connectivity index is 2.38. The Hall–Kier alpha value is -1.32. The summed E-state index contributed by atoms with van der Waals surface area (Å²) in [6.07, 6.45) is 0. The normalized spacial score (nSPS) is 12.2. The van der Waals surface area contributed by atoms with Crippen LogP contribution in [0.3, 0.4) is 0 Å². The van der Waals surface area contributed by atoms with E-state index in [9.17, 15) is 0 Å². The Kier molecular flexibility index (Phi) is 5.62. The molecule has 2 aromatic rings. The molecule has 2 nitrogen and oxygen atoms in total. The molecule has 0 heterocycles. The second-order valence-corrected chi connectivity index (χ2v) is 5.37. The van der Waals surface area contributed by atoms with E-state index in [1.54, 1.807) is 0 Å². The van der Waals surface area contributed by atoms with Gasteiger partial charge >= 0.3 is 0 Å². The van der Waals surface area contributed by atoms with Gasteiger partial charge in [-0.2, -0.15) is 0 Å². The Morgan fingerprint density at radius 2 is 1.90 bits per heavy atom. The molecule has 1 N–H and O–H groups in total. The number of nitrogens with one attached hydrogen (secondary N) is 1. The van der Waals surface area contributed by atoms with Gasteiger partial charge < -0.3 is 10.1 Å². The van der Waals surface area contributed by atoms with Gasteiger partial charge in [-0.1, -0.05) is 53.2 Å². The van der Waals surface area contributed by atoms with Gasteiger partial charge in [-0.25, -0.2) is 0 Å². The maximum Gasteiger partial charge on any atom is 0.119 e. The summed E-state index contributed by atoms with van der Waals surface area (Å²) in [7, 11) is 0. The third-order valence-corrected chi connectivity index (χ3v) is 3.85. The van der Waals surface area contributed by atoms with Gasteiger partial charge in [0.2, 0.25) is 0 Å². The number of rotatable bonds is 6. The molecule has 0 saturated heterocycles. The molecule has 0 fully saturated rings. The molecule has 0 aliphatic heterocycles. The van der Waals surface area contributed by atoms with Crippen molar-refractivity contribution < 1.29 is 4.74 Å². The van der Waals surface area contributed by atoms with E-state index in [1.165, 1.54) is 11.1 Å². The Labute approximate surface area is 129 Å². The molecule has 0 aliphatic rings. The van der Waals surface area contributed by atoms with Crippen LogP contribution < -0.4 is 10.1 Å². The first-order valence-corrected chi connectivity index (χ1v) is 7.76. The minimum atomic E-state index is 0.163. The Morgan fingerprint density at radius 1 is 1.10 bits per heavy atom. The molecular weight excluding hydrogens is 314 g/mol. The summed E-state index contributed by atoms with van der Waals surface area (Å²) in [6.45, 7) is 5.72. The third kappa shape index (κ3) is 3.62. The zero-order valence-corrected chi connectivity index (χ0v) is 13.5. The van der Waals surface area contributed by atoms with Crippen LogP contribution in [0.15, 0.2) is 53.0 Å². The molecular formula is C17H20BrNO. The van der Waals surface area contributed by atoms with E-state index in [1.807, 2.05) is 25.1 Å². The van der Waals surface area contributed by atoms with Crippen molar-refractivity contribution in [1.82, 2.24) is 5.32 Å². The number of halogens is 1. The molecule has 3 heteroatoms. The van der Waals surface area contributed by atoms with Crippen LogP contribution >= 0.6 is 15.9 Å². The van der Waals surface area contributed by atoms with E-state index < -0.39 is 0 Å². The van der Waals surface area contributed by atoms with Gasteiger partial charge in [-0.15, -0.1) is 0 Å². The van der Waals surface area contributed by atoms with E-state index in [4.69, 9.17) is 4.74 Å². The van der Waals surface area contributed by atoms with Crippen LogP contribution in [-0.2, 0) is 0 Å². The van der Waals surface area contributed by atoms with Gasteiger partial charge in [0.05, 0.1) is 12.6 Å². The molecule has 1 unspecified atom stereocenters. The predicted octanol–water partition coefficient (Wildman–Crippen LogP) is 4.55. The fourth-order valence-corrected chi connectivity index (χ4v) is 2.78. The van der Waals surface area contributed by atoms with Crippen LogP contribution in [0, 0.1) is 0 Å². The summed E-state index contributed by atoms with van der Waals surface area (Å²) in [5.41, 5.74) is 2.45. The molecule has 0 bridgehead atoms. The van der Waals surface area contributed by atoms with Crippen LogP contribution in [0.5, 0.6) is 5.75 Å². The first-order valence-electron chi connectivity index (χ1n) is 6.96. The van der Waals surface area contributed by atoms with Gasteiger partial charge in [0.25, 0.3) is 0 Å². The van der Waals surface area contributed by atoms with Gasteiger partial charge in [0.1, 0.15) is 5.75 Å². The predicted molar refractivity (Wildman–Crippen MR) is 87.3 cm³/mol. The number of hydrogen-bond acceptors (Lipinski definition) is 2. The molecule has 2 rings (SSSR count). The summed E-state index contributed by atoms with van der Waals surface area (Å²) in [4.78, 5) is 0. The summed E-state index contributed by atoms with van der Waals surface area (Å²) >= 11 is 3.64. The van der Waals surface area contributed by atoms with Crippen molar-refractivity contribution in [2.24, 2.45) is 0 Å². The zero-order chi connectivity index (χ0) is 14.4. The minimum absolute atomic E-state index is 0.163. The topological polar surface area (TPSA) is 21.3 Å². The van der Waals surface area contributed by atoms with E-state index in [0.29, 0.717) is 6.61 Å². The zero-order valence-electron chi connectivity index (χ0n) is 11.9. The average Bonchev–Trinajstić information content (AvgIpc) is 2.46. The summed E-state index contributed by atoms with van der Waals surface area (Å²) in [5.74, 6) is 0.917. The summed E-state index contributed by atoms with van der Waals surface area (Å²) in [6, 6.07) is 16.8. The van der Waals surface area contributed by atoms with E-state index in [0.717, 1.165) is 16.8 Å². The molecule has 0 radical (unpaired) electrons. The number of ether oxygens (including phenoxy) is 1. The molecule has 0 spiro atoms. The van der Waals surface area contributed by atoms with Crippen LogP contribution in [-0.4, -0.2) is 13.2 Å². The highest BCUT2D eigenvalue weighted by Gasteiger charge is 2.15. The maximum atomic E-state index is 5.60. The molecule has 0 aromatic heterocycles. The molecule has 106 valence electrons. The summed E-state index contributed by atoms with van der Waals surface area (Å²) in [5, 5.41) is 3.54. The standard InChI is InChI=1S/C17H20BrNO/c1-3-19-17(15-10-5-6-11-16(15)18)13-8-7-9-14(12-13)20-4-2/h5-12,17,19H,3-4H2,1-2H3. The minimum Gasteiger partial charge on any atom is -0.494 e. The third-order valence-electron chi connectivity index (χ3n) is 3.13. The van der Waals surface area contributed by atoms with Crippen molar-refractivity contribution in [2.45, 2.75) is 19.9 Å². The highest BCUT2D eigenvalue weighted by molar-refractivity contribution is 9.10. The van der Waals surface area contributed by atoms with E-state index in [-0.39, 0.29) is 6.04 Å². The lowest BCUT2D eigenvalue weighted by molar-refractivity contribution is 0.339. The molecule has 2 aromatic carbocycles. The van der Waals surface area contributed by atoms with Crippen LogP contribution in [0.4, 0.5) is 0 Å². The molecule has 0 saturated carbocycles. The van der Waals surface area contributed by atoms with Crippen LogP contribution in [0.1, 0.15) is 31.0 Å². The van der Waals surface area contributed by atoms with E-state index >= 15 is 0 Å². The second kappa shape index (κ2) is 7.46. The van der Waals surface area contributed by atoms with Gasteiger partial charge in [-0.3, -0.25) is 0 Å². The quantitative estimate of drug-likeness (QED) is 0.837. The average molecular weight is 334 g/mol. The number of hydrogen-bond donors (Lipinski definition) is 1. The van der Waals surface area contributed by atoms with Crippen LogP contribution in [0.25, 0.3) is 0 Å². The second-order valence-electron chi connectivity index (χ2n) is 4.52. The first-order chi connectivity index (χ1) is 9.76. The maximum absolute atomic E-state index is 5.60. The van der Waals surface area contributed by atoms with Crippen molar-refractivity contribution in [3.05, 3.63) is 64.1 Å². The summed E-state index contributed by atoms with van der Waals surface area (Å²) < 4.78 is 6.72. The highest BCUT2D eigenvalue weighted by Crippen LogP contribution is 2.30. The van der Waals surface area contributed by atoms with Gasteiger partial charge in [0.15, 0.2) is 0 Å². The van der Waals surface area contributed by atoms with Crippen molar-refractivity contribution in [1.29, 1.82) is 0 Å². The van der Waals surface area contributed by atoms with Gasteiger partial charge in [-0.05, 0) is 42.8 Å². The van der Waals surface area contributed by atoms with Crippen molar-refractivity contribution in [2.75, 3.05) is 13.2 Å². The van der Waals surface area contributed by atoms with Crippen molar-refractivity contribution >= 4 is 15.9 Å². The highest BCUT2D eigenvalue weighted by atomic mass is 79.9. The first kappa shape index (κ1) is 15.1. The van der Waals surface area contributed by atoms with Gasteiger partial charge in [0, 0.05) is 4.47 Å². The van der Waals surface area contributed by atoms with Crippen molar-refractivity contribution in [3.63, 3.8) is 0 Å². The lowest BCUT2D eigenvalue weighted by atomic mass is 9.98. The lowest BCUT2D eigenvalue weighted by Gasteiger charge is -2.21. The van der Waals surface area contributed by atoms with Crippen molar-refractivity contribution in [3.8, 4) is 5.75 Å². The smallest absolute Gasteiger partial charge is 0.119 e. The number of benzene rings is 2. The molecule has 0 amide bonds. The fraction of sp³-hybridized carbons (Fsp3) is 0.294. The molecule has 20 heavy (non-hydrogen) atoms. The molecule has 0 aliphatic carbocycles. The molecule has 1 atom stereocenters. The Morgan fingerprint density at radius 3 is 2.60 bits per heavy atom.